The van der Waals surface area contributed by atoms with E-state index in [1.165, 1.54) is 22.5 Å². The number of fused-ring (bicyclic) bond motifs is 1. The summed E-state index contributed by atoms with van der Waals surface area (Å²) in [5.74, 6) is 2.30. The molecule has 2 aromatic heterocycles. The fourth-order valence-electron chi connectivity index (χ4n) is 2.51. The SMILES string of the molecule is Cc1c([C@@H](C)NCc2nc(C(C)C)ns2)oc2ccccc12. The van der Waals surface area contributed by atoms with E-state index in [4.69, 9.17) is 4.42 Å². The lowest BCUT2D eigenvalue weighted by atomic mass is 10.1. The highest BCUT2D eigenvalue weighted by molar-refractivity contribution is 7.05. The zero-order chi connectivity index (χ0) is 15.7. The first-order chi connectivity index (χ1) is 10.6. The van der Waals surface area contributed by atoms with Crippen LogP contribution in [0.4, 0.5) is 0 Å². The van der Waals surface area contributed by atoms with Gasteiger partial charge < -0.3 is 9.73 Å². The fraction of sp³-hybridized carbons (Fsp3) is 0.412. The summed E-state index contributed by atoms with van der Waals surface area (Å²) < 4.78 is 10.4. The third kappa shape index (κ3) is 2.91. The summed E-state index contributed by atoms with van der Waals surface area (Å²) in [4.78, 5) is 4.55. The van der Waals surface area contributed by atoms with E-state index in [-0.39, 0.29) is 6.04 Å². The van der Waals surface area contributed by atoms with Gasteiger partial charge in [-0.2, -0.15) is 4.37 Å². The molecule has 0 bridgehead atoms. The van der Waals surface area contributed by atoms with Gasteiger partial charge in [0.1, 0.15) is 22.2 Å². The summed E-state index contributed by atoms with van der Waals surface area (Å²) in [5.41, 5.74) is 2.15. The predicted molar refractivity (Wildman–Crippen MR) is 90.2 cm³/mol. The molecule has 0 spiro atoms. The third-order valence-electron chi connectivity index (χ3n) is 3.83. The van der Waals surface area contributed by atoms with Gasteiger partial charge in [0, 0.05) is 17.8 Å². The summed E-state index contributed by atoms with van der Waals surface area (Å²) in [6.07, 6.45) is 0. The maximum absolute atomic E-state index is 6.00. The second-order valence-electron chi connectivity index (χ2n) is 5.89. The van der Waals surface area contributed by atoms with Crippen LogP contribution in [0.25, 0.3) is 11.0 Å². The van der Waals surface area contributed by atoms with E-state index < -0.39 is 0 Å². The monoisotopic (exact) mass is 315 g/mol. The first-order valence-electron chi connectivity index (χ1n) is 7.60. The molecule has 3 aromatic rings. The van der Waals surface area contributed by atoms with Crippen molar-refractivity contribution in [2.24, 2.45) is 0 Å². The molecule has 0 saturated carbocycles. The first-order valence-corrected chi connectivity index (χ1v) is 8.37. The number of furan rings is 1. The molecule has 0 saturated heterocycles. The van der Waals surface area contributed by atoms with Crippen molar-refractivity contribution in [3.8, 4) is 0 Å². The van der Waals surface area contributed by atoms with Crippen molar-refractivity contribution >= 4 is 22.5 Å². The maximum Gasteiger partial charge on any atom is 0.145 e. The van der Waals surface area contributed by atoms with Crippen molar-refractivity contribution in [3.05, 3.63) is 46.4 Å². The molecule has 0 fully saturated rings. The molecule has 116 valence electrons. The number of nitrogens with one attached hydrogen (secondary N) is 1. The third-order valence-corrected chi connectivity index (χ3v) is 4.56. The lowest BCUT2D eigenvalue weighted by molar-refractivity contribution is 0.447. The molecule has 0 aliphatic carbocycles. The number of para-hydroxylation sites is 1. The van der Waals surface area contributed by atoms with Crippen LogP contribution < -0.4 is 5.32 Å². The normalized spacial score (nSPS) is 13.1. The van der Waals surface area contributed by atoms with Gasteiger partial charge in [0.2, 0.25) is 0 Å². The molecule has 1 aromatic carbocycles. The summed E-state index contributed by atoms with van der Waals surface area (Å²) >= 11 is 1.47. The number of aryl methyl sites for hydroxylation is 1. The Hall–Kier alpha value is -1.72. The summed E-state index contributed by atoms with van der Waals surface area (Å²) in [7, 11) is 0. The van der Waals surface area contributed by atoms with E-state index in [1.807, 2.05) is 18.2 Å². The zero-order valence-corrected chi connectivity index (χ0v) is 14.2. The summed E-state index contributed by atoms with van der Waals surface area (Å²) in [6.45, 7) is 9.16. The van der Waals surface area contributed by atoms with Crippen LogP contribution >= 0.6 is 11.5 Å². The molecular formula is C17H21N3OS. The zero-order valence-electron chi connectivity index (χ0n) is 13.4. The minimum atomic E-state index is 0.138. The van der Waals surface area contributed by atoms with Crippen molar-refractivity contribution in [2.75, 3.05) is 0 Å². The number of nitrogens with zero attached hydrogens (tertiary/aromatic N) is 2. The number of hydrogen-bond acceptors (Lipinski definition) is 5. The van der Waals surface area contributed by atoms with Gasteiger partial charge in [-0.15, -0.1) is 0 Å². The second kappa shape index (κ2) is 6.18. The van der Waals surface area contributed by atoms with Crippen LogP contribution in [0.5, 0.6) is 0 Å². The first kappa shape index (κ1) is 15.2. The molecule has 0 amide bonds. The van der Waals surface area contributed by atoms with Crippen LogP contribution in [0.15, 0.2) is 28.7 Å². The van der Waals surface area contributed by atoms with E-state index in [2.05, 4.69) is 48.4 Å². The smallest absolute Gasteiger partial charge is 0.145 e. The Labute approximate surface area is 134 Å². The Morgan fingerprint density at radius 3 is 2.68 bits per heavy atom. The van der Waals surface area contributed by atoms with Gasteiger partial charge in [-0.1, -0.05) is 32.0 Å². The standard InChI is InChI=1S/C17H21N3OS/c1-10(2)17-19-15(22-20-17)9-18-12(4)16-11(3)13-7-5-6-8-14(13)21-16/h5-8,10,12,18H,9H2,1-4H3/t12-/m1/s1. The van der Waals surface area contributed by atoms with Crippen molar-refractivity contribution in [1.82, 2.24) is 14.7 Å². The van der Waals surface area contributed by atoms with Gasteiger partial charge in [-0.3, -0.25) is 0 Å². The minimum absolute atomic E-state index is 0.138. The molecule has 4 nitrogen and oxygen atoms in total. The molecular weight excluding hydrogens is 294 g/mol. The molecule has 1 atom stereocenters. The molecule has 22 heavy (non-hydrogen) atoms. The number of hydrogen-bond donors (Lipinski definition) is 1. The quantitative estimate of drug-likeness (QED) is 0.749. The van der Waals surface area contributed by atoms with Crippen LogP contribution in [-0.2, 0) is 6.54 Å². The highest BCUT2D eigenvalue weighted by atomic mass is 32.1. The van der Waals surface area contributed by atoms with E-state index in [0.29, 0.717) is 12.5 Å². The van der Waals surface area contributed by atoms with Gasteiger partial charge in [0.05, 0.1) is 6.04 Å². The molecule has 1 N–H and O–H groups in total. The number of rotatable bonds is 5. The van der Waals surface area contributed by atoms with Gasteiger partial charge >= 0.3 is 0 Å². The van der Waals surface area contributed by atoms with Gasteiger partial charge in [0.25, 0.3) is 0 Å². The Balaban J connectivity index is 1.72. The topological polar surface area (TPSA) is 51.0 Å². The number of benzene rings is 1. The molecule has 0 aliphatic rings. The van der Waals surface area contributed by atoms with Gasteiger partial charge in [-0.05, 0) is 37.0 Å². The highest BCUT2D eigenvalue weighted by Crippen LogP contribution is 2.29. The average molecular weight is 315 g/mol. The van der Waals surface area contributed by atoms with Crippen LogP contribution in [0.1, 0.15) is 54.9 Å². The molecule has 5 heteroatoms. The van der Waals surface area contributed by atoms with E-state index >= 15 is 0 Å². The predicted octanol–water partition coefficient (Wildman–Crippen LogP) is 4.57. The molecule has 0 aliphatic heterocycles. The van der Waals surface area contributed by atoms with Crippen LogP contribution in [-0.4, -0.2) is 9.36 Å². The van der Waals surface area contributed by atoms with E-state index in [0.717, 1.165) is 22.2 Å². The molecule has 2 heterocycles. The number of aromatic nitrogens is 2. The summed E-state index contributed by atoms with van der Waals surface area (Å²) in [6, 6.07) is 8.30. The lowest BCUT2D eigenvalue weighted by Crippen LogP contribution is -2.18. The van der Waals surface area contributed by atoms with Crippen LogP contribution in [0.2, 0.25) is 0 Å². The van der Waals surface area contributed by atoms with E-state index in [1.54, 1.807) is 0 Å². The molecule has 0 unspecified atom stereocenters. The van der Waals surface area contributed by atoms with E-state index in [9.17, 15) is 0 Å². The Morgan fingerprint density at radius 2 is 2.00 bits per heavy atom. The fourth-order valence-corrected chi connectivity index (χ4v) is 3.25. The largest absolute Gasteiger partial charge is 0.459 e. The minimum Gasteiger partial charge on any atom is -0.459 e. The summed E-state index contributed by atoms with van der Waals surface area (Å²) in [5, 5.41) is 5.69. The molecule has 3 rings (SSSR count). The lowest BCUT2D eigenvalue weighted by Gasteiger charge is -2.10. The second-order valence-corrected chi connectivity index (χ2v) is 6.73. The maximum atomic E-state index is 6.00. The Kier molecular flexibility index (Phi) is 4.27. The molecule has 0 radical (unpaired) electrons. The highest BCUT2D eigenvalue weighted by Gasteiger charge is 2.16. The van der Waals surface area contributed by atoms with Gasteiger partial charge in [-0.25, -0.2) is 4.98 Å². The van der Waals surface area contributed by atoms with Crippen molar-refractivity contribution < 1.29 is 4.42 Å². The van der Waals surface area contributed by atoms with Crippen molar-refractivity contribution in [2.45, 2.75) is 46.2 Å². The van der Waals surface area contributed by atoms with Crippen molar-refractivity contribution in [1.29, 1.82) is 0 Å². The van der Waals surface area contributed by atoms with Crippen LogP contribution in [0.3, 0.4) is 0 Å². The average Bonchev–Trinajstić information content (AvgIpc) is 3.11. The Morgan fingerprint density at radius 1 is 1.23 bits per heavy atom. The van der Waals surface area contributed by atoms with Crippen molar-refractivity contribution in [3.63, 3.8) is 0 Å². The Bertz CT molecular complexity index is 775. The van der Waals surface area contributed by atoms with Gasteiger partial charge in [0.15, 0.2) is 0 Å². The van der Waals surface area contributed by atoms with Crippen LogP contribution in [0, 0.1) is 6.92 Å².